The summed E-state index contributed by atoms with van der Waals surface area (Å²) in [4.78, 5) is 28.2. The fourth-order valence-electron chi connectivity index (χ4n) is 1.53. The maximum atomic E-state index is 11.1. The van der Waals surface area contributed by atoms with Crippen molar-refractivity contribution in [1.29, 1.82) is 0 Å². The molecule has 0 aliphatic heterocycles. The molecule has 0 fully saturated rings. The van der Waals surface area contributed by atoms with Crippen LogP contribution in [0.5, 0.6) is 0 Å². The summed E-state index contributed by atoms with van der Waals surface area (Å²) in [5, 5.41) is 20.4. The lowest BCUT2D eigenvalue weighted by Gasteiger charge is -2.13. The summed E-state index contributed by atoms with van der Waals surface area (Å²) in [5.41, 5.74) is -0.0624. The highest BCUT2D eigenvalue weighted by Gasteiger charge is 2.38. The molecule has 0 aliphatic carbocycles. The van der Waals surface area contributed by atoms with Crippen LogP contribution in [0.1, 0.15) is 13.8 Å². The summed E-state index contributed by atoms with van der Waals surface area (Å²) < 4.78 is 33.3. The predicted octanol–water partition coefficient (Wildman–Crippen LogP) is 1.57. The highest BCUT2D eigenvalue weighted by molar-refractivity contribution is 5.73. The zero-order valence-electron chi connectivity index (χ0n) is 13.8. The fourth-order valence-corrected chi connectivity index (χ4v) is 1.53. The van der Waals surface area contributed by atoms with E-state index in [1.165, 1.54) is 0 Å². The van der Waals surface area contributed by atoms with Gasteiger partial charge in [-0.25, -0.2) is 14.8 Å². The third-order valence-corrected chi connectivity index (χ3v) is 2.97. The van der Waals surface area contributed by atoms with Crippen LogP contribution in [-0.4, -0.2) is 43.4 Å². The van der Waals surface area contributed by atoms with Gasteiger partial charge in [0.2, 0.25) is 0 Å². The Kier molecular flexibility index (Phi) is 6.70. The van der Waals surface area contributed by atoms with Crippen molar-refractivity contribution < 1.29 is 37.7 Å². The third-order valence-electron chi connectivity index (χ3n) is 2.97. The van der Waals surface area contributed by atoms with Crippen molar-refractivity contribution in [1.82, 2.24) is 15.1 Å². The average molecular weight is 373 g/mol. The van der Waals surface area contributed by atoms with Crippen LogP contribution in [-0.2, 0) is 16.1 Å². The van der Waals surface area contributed by atoms with Crippen molar-refractivity contribution in [3.05, 3.63) is 36.9 Å². The second-order valence-corrected chi connectivity index (χ2v) is 5.68. The van der Waals surface area contributed by atoms with Gasteiger partial charge in [0.1, 0.15) is 11.6 Å². The molecular weight excluding hydrogens is 357 g/mol. The van der Waals surface area contributed by atoms with E-state index in [1.807, 2.05) is 6.07 Å². The topological polar surface area (TPSA) is 117 Å². The minimum absolute atomic E-state index is 0.304. The highest BCUT2D eigenvalue weighted by atomic mass is 19.4. The normalized spacial score (nSPS) is 11.3. The van der Waals surface area contributed by atoms with Crippen LogP contribution in [0.2, 0.25) is 0 Å². The van der Waals surface area contributed by atoms with E-state index in [0.29, 0.717) is 12.4 Å². The van der Waals surface area contributed by atoms with Crippen molar-refractivity contribution in [3.8, 4) is 11.4 Å². The van der Waals surface area contributed by atoms with Gasteiger partial charge in [0, 0.05) is 24.0 Å². The van der Waals surface area contributed by atoms with Crippen LogP contribution in [0, 0.1) is 5.41 Å². The molecule has 2 heterocycles. The molecule has 0 saturated heterocycles. The van der Waals surface area contributed by atoms with E-state index in [1.54, 1.807) is 49.4 Å². The first-order chi connectivity index (χ1) is 11.9. The number of carbonyl (C=O) groups is 2. The second kappa shape index (κ2) is 8.32. The number of alkyl halides is 3. The molecule has 0 amide bonds. The molecule has 0 aromatic carbocycles. The van der Waals surface area contributed by atoms with Gasteiger partial charge in [0.05, 0.1) is 0 Å². The van der Waals surface area contributed by atoms with Crippen molar-refractivity contribution >= 4 is 11.9 Å². The largest absolute Gasteiger partial charge is 0.490 e. The molecule has 0 spiro atoms. The predicted molar refractivity (Wildman–Crippen MR) is 80.6 cm³/mol. The number of hydrogen-bond acceptors (Lipinski definition) is 5. The molecule has 0 aliphatic rings. The van der Waals surface area contributed by atoms with Gasteiger partial charge in [-0.1, -0.05) is 4.68 Å². The average Bonchev–Trinajstić information content (AvgIpc) is 2.55. The Bertz CT molecular complexity index is 750. The molecule has 0 bridgehead atoms. The first-order valence-corrected chi connectivity index (χ1v) is 7.10. The van der Waals surface area contributed by atoms with E-state index >= 15 is 0 Å². The molecule has 140 valence electrons. The maximum absolute atomic E-state index is 11.1. The zero-order chi connectivity index (χ0) is 20.0. The quantitative estimate of drug-likeness (QED) is 0.781. The van der Waals surface area contributed by atoms with Crippen LogP contribution in [0.25, 0.3) is 11.4 Å². The number of aliphatic carboxylic acids is 2. The first-order valence-electron chi connectivity index (χ1n) is 7.10. The van der Waals surface area contributed by atoms with E-state index in [9.17, 15) is 18.0 Å². The van der Waals surface area contributed by atoms with Crippen LogP contribution >= 0.6 is 0 Å². The molecule has 2 aromatic heterocycles. The Morgan fingerprint density at radius 1 is 1.12 bits per heavy atom. The molecular formula is C15H16F3N4O4+. The lowest BCUT2D eigenvalue weighted by atomic mass is 9.94. The molecule has 26 heavy (non-hydrogen) atoms. The molecule has 0 unspecified atom stereocenters. The molecule has 8 nitrogen and oxygen atoms in total. The Morgan fingerprint density at radius 3 is 2.04 bits per heavy atom. The molecule has 0 saturated carbocycles. The SMILES string of the molecule is CC(C)(C[n+]1ccc(-c2ncccn2)cn1)C(=O)O.O=C(O)C(F)(F)F. The number of carboxylic acids is 2. The Labute approximate surface area is 146 Å². The van der Waals surface area contributed by atoms with E-state index in [-0.39, 0.29) is 0 Å². The monoisotopic (exact) mass is 373 g/mol. The molecule has 0 atom stereocenters. The van der Waals surface area contributed by atoms with Crippen molar-refractivity contribution in [2.45, 2.75) is 26.6 Å². The Hall–Kier alpha value is -3.11. The van der Waals surface area contributed by atoms with E-state index < -0.39 is 23.5 Å². The minimum atomic E-state index is -5.08. The van der Waals surface area contributed by atoms with E-state index in [2.05, 4.69) is 15.1 Å². The van der Waals surface area contributed by atoms with Gasteiger partial charge in [0.15, 0.2) is 18.6 Å². The van der Waals surface area contributed by atoms with Crippen molar-refractivity contribution in [2.75, 3.05) is 0 Å². The maximum Gasteiger partial charge on any atom is 0.490 e. The summed E-state index contributed by atoms with van der Waals surface area (Å²) in [5.74, 6) is -3.01. The lowest BCUT2D eigenvalue weighted by Crippen LogP contribution is -2.46. The Balaban J connectivity index is 0.000000412. The van der Waals surface area contributed by atoms with Crippen molar-refractivity contribution in [3.63, 3.8) is 0 Å². The summed E-state index contributed by atoms with van der Waals surface area (Å²) in [7, 11) is 0. The third kappa shape index (κ3) is 6.42. The van der Waals surface area contributed by atoms with Gasteiger partial charge in [-0.2, -0.15) is 13.2 Å². The smallest absolute Gasteiger partial charge is 0.481 e. The van der Waals surface area contributed by atoms with E-state index in [0.717, 1.165) is 5.56 Å². The summed E-state index contributed by atoms with van der Waals surface area (Å²) >= 11 is 0. The summed E-state index contributed by atoms with van der Waals surface area (Å²) in [6, 6.07) is 3.57. The number of halogens is 3. The van der Waals surface area contributed by atoms with Gasteiger partial charge in [-0.15, -0.1) is 0 Å². The number of hydrogen-bond donors (Lipinski definition) is 2. The van der Waals surface area contributed by atoms with Gasteiger partial charge < -0.3 is 10.2 Å². The molecule has 2 rings (SSSR count). The lowest BCUT2D eigenvalue weighted by molar-refractivity contribution is -0.762. The number of carboxylic acid groups (broad SMARTS) is 2. The summed E-state index contributed by atoms with van der Waals surface area (Å²) in [6.07, 6.45) is 1.61. The first kappa shape index (κ1) is 20.9. The zero-order valence-corrected chi connectivity index (χ0v) is 13.8. The minimum Gasteiger partial charge on any atom is -0.481 e. The summed E-state index contributed by atoms with van der Waals surface area (Å²) in [6.45, 7) is 3.63. The highest BCUT2D eigenvalue weighted by Crippen LogP contribution is 2.15. The second-order valence-electron chi connectivity index (χ2n) is 5.68. The van der Waals surface area contributed by atoms with Crippen LogP contribution < -0.4 is 4.68 Å². The number of aromatic nitrogens is 4. The standard InChI is InChI=1S/C13H14N4O2.C2HF3O2/c1-13(2,12(18)19)9-17-7-4-10(8-16-17)11-14-5-3-6-15-11;3-2(4,5)1(6)7/h3-8H,9H2,1-2H3;(H,6,7)/p+1. The van der Waals surface area contributed by atoms with Gasteiger partial charge in [-0.05, 0) is 25.0 Å². The Morgan fingerprint density at radius 2 is 1.65 bits per heavy atom. The van der Waals surface area contributed by atoms with E-state index in [4.69, 9.17) is 15.0 Å². The fraction of sp³-hybridized carbons (Fsp3) is 0.333. The molecule has 11 heteroatoms. The number of rotatable bonds is 4. The molecule has 2 aromatic rings. The van der Waals surface area contributed by atoms with Crippen LogP contribution in [0.3, 0.4) is 0 Å². The molecule has 0 radical (unpaired) electrons. The van der Waals surface area contributed by atoms with Gasteiger partial charge >= 0.3 is 18.1 Å². The van der Waals surface area contributed by atoms with Crippen molar-refractivity contribution in [2.24, 2.45) is 5.41 Å². The van der Waals surface area contributed by atoms with Gasteiger partial charge in [0.25, 0.3) is 0 Å². The van der Waals surface area contributed by atoms with Gasteiger partial charge in [-0.3, -0.25) is 4.79 Å². The van der Waals surface area contributed by atoms with Crippen LogP contribution in [0.4, 0.5) is 13.2 Å². The molecule has 2 N–H and O–H groups in total. The number of nitrogens with zero attached hydrogens (tertiary/aromatic N) is 4. The van der Waals surface area contributed by atoms with Crippen LogP contribution in [0.15, 0.2) is 36.9 Å².